The molecule has 0 aromatic heterocycles. The molecule has 3 atom stereocenters. The molecule has 48 heavy (non-hydrogen) atoms. The first-order valence-corrected chi connectivity index (χ1v) is 17.9. The van der Waals surface area contributed by atoms with E-state index >= 15 is 4.39 Å². The van der Waals surface area contributed by atoms with Gasteiger partial charge in [0.25, 0.3) is 0 Å². The quantitative estimate of drug-likeness (QED) is 0.223. The first kappa shape index (κ1) is 34.4. The van der Waals surface area contributed by atoms with E-state index in [1.54, 1.807) is 26.0 Å². The van der Waals surface area contributed by atoms with E-state index in [1.165, 1.54) is 19.3 Å². The predicted octanol–water partition coefficient (Wildman–Crippen LogP) is 8.76. The van der Waals surface area contributed by atoms with Gasteiger partial charge in [0.1, 0.15) is 17.3 Å². The molecule has 0 unspecified atom stereocenters. The van der Waals surface area contributed by atoms with Crippen molar-refractivity contribution in [2.45, 2.75) is 109 Å². The molecule has 258 valence electrons. The van der Waals surface area contributed by atoms with Crippen LogP contribution in [0.25, 0.3) is 16.7 Å². The highest BCUT2D eigenvalue weighted by Crippen LogP contribution is 2.49. The Bertz CT molecular complexity index is 1620. The fourth-order valence-electron chi connectivity index (χ4n) is 8.36. The number of carbonyl (C=O) groups excluding carboxylic acids is 1. The molecule has 1 heterocycles. The predicted molar refractivity (Wildman–Crippen MR) is 189 cm³/mol. The molecule has 2 N–H and O–H groups in total. The van der Waals surface area contributed by atoms with E-state index in [1.807, 2.05) is 49.5 Å². The van der Waals surface area contributed by atoms with Gasteiger partial charge in [-0.25, -0.2) is 4.39 Å². The average Bonchev–Trinajstić information content (AvgIpc) is 3.60. The van der Waals surface area contributed by atoms with Crippen molar-refractivity contribution < 1.29 is 23.8 Å². The molecule has 6 rings (SSSR count). The number of hydrogen-bond acceptors (Lipinski definition) is 5. The molecule has 3 saturated carbocycles. The Balaban J connectivity index is 1.29. The van der Waals surface area contributed by atoms with Crippen LogP contribution in [0.3, 0.4) is 0 Å². The van der Waals surface area contributed by atoms with Crippen LogP contribution in [0.4, 0.5) is 4.39 Å². The summed E-state index contributed by atoms with van der Waals surface area (Å²) < 4.78 is 22.4. The zero-order valence-electron chi connectivity index (χ0n) is 29.5. The second-order valence-electron chi connectivity index (χ2n) is 16.2. The molecule has 4 aliphatic rings. The Morgan fingerprint density at radius 1 is 1.10 bits per heavy atom. The molecule has 7 heteroatoms. The summed E-state index contributed by atoms with van der Waals surface area (Å²) >= 11 is 0. The smallest absolute Gasteiger partial charge is 0.313 e. The van der Waals surface area contributed by atoms with Crippen LogP contribution < -0.4 is 10.1 Å². The first-order valence-electron chi connectivity index (χ1n) is 17.9. The van der Waals surface area contributed by atoms with Gasteiger partial charge in [0, 0.05) is 55.4 Å². The molecule has 2 aromatic carbocycles. The van der Waals surface area contributed by atoms with E-state index < -0.39 is 11.4 Å². The molecule has 0 radical (unpaired) electrons. The number of nitrogens with one attached hydrogen (secondary N) is 1. The number of rotatable bonds is 12. The maximum atomic E-state index is 15.6. The summed E-state index contributed by atoms with van der Waals surface area (Å²) in [4.78, 5) is 27.7. The van der Waals surface area contributed by atoms with Crippen LogP contribution in [0.15, 0.2) is 54.8 Å². The summed E-state index contributed by atoms with van der Waals surface area (Å²) in [5, 5.41) is 13.7. The molecule has 1 aliphatic heterocycles. The maximum Gasteiger partial charge on any atom is 0.313 e. The summed E-state index contributed by atoms with van der Waals surface area (Å²) in [6.45, 7) is 10.5. The summed E-state index contributed by atoms with van der Waals surface area (Å²) in [6, 6.07) is 11.2. The molecule has 6 nitrogen and oxygen atoms in total. The van der Waals surface area contributed by atoms with E-state index in [4.69, 9.17) is 4.74 Å². The van der Waals surface area contributed by atoms with Crippen LogP contribution in [0.2, 0.25) is 0 Å². The van der Waals surface area contributed by atoms with Crippen LogP contribution in [-0.4, -0.2) is 54.0 Å². The van der Waals surface area contributed by atoms with Gasteiger partial charge in [0.2, 0.25) is 0 Å². The van der Waals surface area contributed by atoms with Gasteiger partial charge in [-0.2, -0.15) is 0 Å². The maximum absolute atomic E-state index is 15.6. The number of carbonyl (C=O) groups is 2. The lowest BCUT2D eigenvalue weighted by atomic mass is 9.69. The number of halogens is 1. The highest BCUT2D eigenvalue weighted by atomic mass is 19.1. The van der Waals surface area contributed by atoms with Gasteiger partial charge < -0.3 is 20.1 Å². The topological polar surface area (TPSA) is 78.9 Å². The summed E-state index contributed by atoms with van der Waals surface area (Å²) in [7, 11) is 3.80. The van der Waals surface area contributed by atoms with Crippen molar-refractivity contribution in [1.29, 1.82) is 0 Å². The SMILES string of the molecule is C=C(/C(=C\N(C)C)c1ccc(O[C@@H]2CC[C@@H](CC(=O)[C@@]3(C)CNC4(CCC4)C3)C2)c(-c2cccc(F)c2C2CCC2)c1)C(C)(C)C(=O)O. The number of aliphatic carboxylic acids is 1. The number of carboxylic acids is 1. The molecule has 1 saturated heterocycles. The Labute approximate surface area is 285 Å². The Morgan fingerprint density at radius 3 is 2.46 bits per heavy atom. The molecule has 2 aromatic rings. The number of ether oxygens (including phenoxy) is 1. The van der Waals surface area contributed by atoms with Crippen LogP contribution >= 0.6 is 0 Å². The molecule has 4 fully saturated rings. The lowest BCUT2D eigenvalue weighted by molar-refractivity contribution is -0.144. The van der Waals surface area contributed by atoms with Crippen molar-refractivity contribution in [2.24, 2.45) is 16.7 Å². The second kappa shape index (κ2) is 13.1. The molecule has 0 amide bonds. The molecular formula is C41H53FN2O4. The van der Waals surface area contributed by atoms with Gasteiger partial charge in [-0.15, -0.1) is 0 Å². The van der Waals surface area contributed by atoms with Crippen LogP contribution in [0.5, 0.6) is 5.75 Å². The van der Waals surface area contributed by atoms with Crippen molar-refractivity contribution >= 4 is 17.3 Å². The third kappa shape index (κ3) is 6.59. The number of carboxylic acid groups (broad SMARTS) is 1. The highest BCUT2D eigenvalue weighted by molar-refractivity contribution is 5.91. The fourth-order valence-corrected chi connectivity index (χ4v) is 8.36. The van der Waals surface area contributed by atoms with Crippen molar-refractivity contribution in [3.8, 4) is 16.9 Å². The number of Topliss-reactive ketones (excluding diaryl/α,β-unsaturated/α-hetero) is 1. The first-order chi connectivity index (χ1) is 22.7. The monoisotopic (exact) mass is 656 g/mol. The molecular weight excluding hydrogens is 603 g/mol. The van der Waals surface area contributed by atoms with Gasteiger partial charge in [0.15, 0.2) is 0 Å². The number of nitrogens with zero attached hydrogens (tertiary/aromatic N) is 1. The minimum atomic E-state index is -1.20. The van der Waals surface area contributed by atoms with Crippen molar-refractivity contribution in [1.82, 2.24) is 10.2 Å². The van der Waals surface area contributed by atoms with E-state index in [2.05, 4.69) is 18.8 Å². The molecule has 0 bridgehead atoms. The van der Waals surface area contributed by atoms with Gasteiger partial charge in [-0.1, -0.05) is 38.1 Å². The lowest BCUT2D eigenvalue weighted by Crippen LogP contribution is -2.45. The number of ketones is 1. The minimum absolute atomic E-state index is 0.0432. The van der Waals surface area contributed by atoms with Crippen molar-refractivity contribution in [3.05, 3.63) is 71.7 Å². The Hall–Kier alpha value is -3.45. The van der Waals surface area contributed by atoms with E-state index in [9.17, 15) is 14.7 Å². The summed E-state index contributed by atoms with van der Waals surface area (Å²) in [5.74, 6) is 0.354. The average molecular weight is 657 g/mol. The summed E-state index contributed by atoms with van der Waals surface area (Å²) in [6.07, 6.45) is 12.6. The van der Waals surface area contributed by atoms with E-state index in [0.717, 1.165) is 73.7 Å². The minimum Gasteiger partial charge on any atom is -0.490 e. The standard InChI is InChI=1S/C41H53FN2O4/c1-26(39(2,3)38(46)47)33(23-44(5)6)29-15-17-35(32(22-29)31-12-8-13-34(42)37(31)28-10-7-11-28)48-30-16-14-27(20-30)21-36(45)40(4)24-41(43-25-40)18-9-19-41/h8,12-13,15,17,22-23,27-28,30,43H,1,7,9-11,14,16,18-21,24-25H2,2-6H3,(H,46,47)/b33-23+/t27-,30-,40-/m1/s1. The van der Waals surface area contributed by atoms with Crippen molar-refractivity contribution in [2.75, 3.05) is 20.6 Å². The van der Waals surface area contributed by atoms with Crippen LogP contribution in [0.1, 0.15) is 108 Å². The zero-order chi connectivity index (χ0) is 34.4. The normalized spacial score (nSPS) is 25.4. The largest absolute Gasteiger partial charge is 0.490 e. The Kier molecular flexibility index (Phi) is 9.40. The Morgan fingerprint density at radius 2 is 1.85 bits per heavy atom. The van der Waals surface area contributed by atoms with E-state index in [0.29, 0.717) is 29.1 Å². The second-order valence-corrected chi connectivity index (χ2v) is 16.2. The van der Waals surface area contributed by atoms with Gasteiger partial charge >= 0.3 is 5.97 Å². The van der Waals surface area contributed by atoms with Gasteiger partial charge in [-0.05, 0) is 124 Å². The zero-order valence-corrected chi connectivity index (χ0v) is 29.5. The third-order valence-electron chi connectivity index (χ3n) is 12.0. The van der Waals surface area contributed by atoms with Crippen molar-refractivity contribution in [3.63, 3.8) is 0 Å². The third-order valence-corrected chi connectivity index (χ3v) is 12.0. The summed E-state index contributed by atoms with van der Waals surface area (Å²) in [5.41, 5.74) is 3.05. The fraction of sp³-hybridized carbons (Fsp3) is 0.561. The van der Waals surface area contributed by atoms with Gasteiger partial charge in [-0.3, -0.25) is 9.59 Å². The van der Waals surface area contributed by atoms with Crippen LogP contribution in [-0.2, 0) is 9.59 Å². The molecule has 1 spiro atoms. The number of hydrogen-bond donors (Lipinski definition) is 2. The number of allylic oxidation sites excluding steroid dienone is 1. The van der Waals surface area contributed by atoms with Gasteiger partial charge in [0.05, 0.1) is 11.5 Å². The van der Waals surface area contributed by atoms with E-state index in [-0.39, 0.29) is 34.7 Å². The highest BCUT2D eigenvalue weighted by Gasteiger charge is 2.52. The van der Waals surface area contributed by atoms with Crippen LogP contribution in [0, 0.1) is 22.6 Å². The number of benzene rings is 2. The molecule has 3 aliphatic carbocycles. The lowest BCUT2D eigenvalue weighted by Gasteiger charge is -2.39.